The Labute approximate surface area is 110 Å². The quantitative estimate of drug-likeness (QED) is 0.835. The third kappa shape index (κ3) is 2.75. The van der Waals surface area contributed by atoms with Gasteiger partial charge in [-0.3, -0.25) is 9.13 Å². The van der Waals surface area contributed by atoms with Gasteiger partial charge in [-0.15, -0.1) is 0 Å². The first kappa shape index (κ1) is 13.5. The molecule has 102 valence electrons. The van der Waals surface area contributed by atoms with Crippen LogP contribution in [-0.2, 0) is 12.5 Å². The summed E-state index contributed by atoms with van der Waals surface area (Å²) >= 11 is 0. The van der Waals surface area contributed by atoms with Crippen molar-refractivity contribution in [2.24, 2.45) is 0 Å². The molecule has 0 bridgehead atoms. The van der Waals surface area contributed by atoms with Crippen LogP contribution in [0.4, 0.5) is 8.78 Å². The molecule has 0 N–H and O–H groups in total. The molecule has 0 saturated heterocycles. The van der Waals surface area contributed by atoms with Crippen molar-refractivity contribution in [1.29, 1.82) is 0 Å². The number of rotatable bonds is 4. The first-order chi connectivity index (χ1) is 8.92. The average molecular weight is 266 g/mol. The van der Waals surface area contributed by atoms with Crippen LogP contribution in [0.25, 0.3) is 0 Å². The van der Waals surface area contributed by atoms with Crippen LogP contribution in [0.5, 0.6) is 0 Å². The van der Waals surface area contributed by atoms with E-state index in [9.17, 15) is 13.6 Å². The van der Waals surface area contributed by atoms with E-state index in [1.165, 1.54) is 29.1 Å². The molecule has 0 aliphatic heterocycles. The molecule has 1 aromatic carbocycles. The zero-order valence-electron chi connectivity index (χ0n) is 10.9. The lowest BCUT2D eigenvalue weighted by atomic mass is 10.1. The molecule has 0 fully saturated rings. The van der Waals surface area contributed by atoms with E-state index in [1.54, 1.807) is 18.2 Å². The van der Waals surface area contributed by atoms with Gasteiger partial charge in [0.1, 0.15) is 0 Å². The van der Waals surface area contributed by atoms with Crippen LogP contribution in [0.1, 0.15) is 25.5 Å². The lowest BCUT2D eigenvalue weighted by Gasteiger charge is -2.16. The number of nitrogens with zero attached hydrogens (tertiary/aromatic N) is 2. The summed E-state index contributed by atoms with van der Waals surface area (Å²) in [6.07, 6.45) is 2.94. The van der Waals surface area contributed by atoms with Crippen molar-refractivity contribution >= 4 is 0 Å². The van der Waals surface area contributed by atoms with Crippen LogP contribution in [0.3, 0.4) is 0 Å². The molecule has 0 saturated carbocycles. The molecular formula is C14H16F2N2O. The van der Waals surface area contributed by atoms with Gasteiger partial charge in [0.2, 0.25) is 0 Å². The number of hydrogen-bond acceptors (Lipinski definition) is 1. The predicted molar refractivity (Wildman–Crippen MR) is 69.4 cm³/mol. The normalized spacial score (nSPS) is 12.1. The second-order valence-corrected chi connectivity index (χ2v) is 4.78. The van der Waals surface area contributed by atoms with Crippen molar-refractivity contribution < 1.29 is 8.78 Å². The molecule has 1 heterocycles. The highest BCUT2D eigenvalue weighted by Gasteiger charge is 2.32. The Morgan fingerprint density at radius 3 is 2.32 bits per heavy atom. The second kappa shape index (κ2) is 4.99. The Kier molecular flexibility index (Phi) is 3.55. The van der Waals surface area contributed by atoms with Crippen molar-refractivity contribution in [3.05, 3.63) is 58.8 Å². The Morgan fingerprint density at radius 1 is 1.16 bits per heavy atom. The maximum Gasteiger partial charge on any atom is 0.328 e. The van der Waals surface area contributed by atoms with Gasteiger partial charge in [-0.05, 0) is 13.8 Å². The van der Waals surface area contributed by atoms with Crippen LogP contribution < -0.4 is 5.69 Å². The van der Waals surface area contributed by atoms with Gasteiger partial charge < -0.3 is 0 Å². The van der Waals surface area contributed by atoms with E-state index in [2.05, 4.69) is 0 Å². The second-order valence-electron chi connectivity index (χ2n) is 4.78. The van der Waals surface area contributed by atoms with Crippen molar-refractivity contribution in [1.82, 2.24) is 9.13 Å². The van der Waals surface area contributed by atoms with E-state index in [-0.39, 0.29) is 11.6 Å². The van der Waals surface area contributed by atoms with E-state index >= 15 is 0 Å². The SMILES string of the molecule is CC(C)n1ccn(CC(F)(F)c2ccccc2)c1=O. The largest absolute Gasteiger partial charge is 0.328 e. The number of hydrogen-bond donors (Lipinski definition) is 0. The van der Waals surface area contributed by atoms with Gasteiger partial charge >= 0.3 is 5.69 Å². The van der Waals surface area contributed by atoms with Gasteiger partial charge in [-0.2, -0.15) is 8.78 Å². The molecule has 0 unspecified atom stereocenters. The molecule has 0 aliphatic carbocycles. The number of benzene rings is 1. The highest BCUT2D eigenvalue weighted by atomic mass is 19.3. The van der Waals surface area contributed by atoms with Gasteiger partial charge in [0.05, 0.1) is 6.54 Å². The van der Waals surface area contributed by atoms with Gasteiger partial charge in [-0.1, -0.05) is 30.3 Å². The van der Waals surface area contributed by atoms with E-state index in [0.29, 0.717) is 0 Å². The Bertz CT molecular complexity index is 599. The summed E-state index contributed by atoms with van der Waals surface area (Å²) in [4.78, 5) is 11.9. The fourth-order valence-electron chi connectivity index (χ4n) is 1.93. The van der Waals surface area contributed by atoms with E-state index in [1.807, 2.05) is 13.8 Å². The summed E-state index contributed by atoms with van der Waals surface area (Å²) in [5, 5.41) is 0. The average Bonchev–Trinajstić information content (AvgIpc) is 2.72. The fraction of sp³-hybridized carbons (Fsp3) is 0.357. The summed E-state index contributed by atoms with van der Waals surface area (Å²) in [7, 11) is 0. The van der Waals surface area contributed by atoms with E-state index < -0.39 is 18.2 Å². The van der Waals surface area contributed by atoms with Gasteiger partial charge in [0, 0.05) is 24.0 Å². The molecule has 0 atom stereocenters. The first-order valence-electron chi connectivity index (χ1n) is 6.12. The Morgan fingerprint density at radius 2 is 1.79 bits per heavy atom. The summed E-state index contributed by atoms with van der Waals surface area (Å²) in [6, 6.07) is 7.49. The lowest BCUT2D eigenvalue weighted by Crippen LogP contribution is -2.31. The van der Waals surface area contributed by atoms with Crippen LogP contribution in [0, 0.1) is 0 Å². The van der Waals surface area contributed by atoms with Crippen LogP contribution >= 0.6 is 0 Å². The number of aromatic nitrogens is 2. The van der Waals surface area contributed by atoms with Crippen molar-refractivity contribution in [2.45, 2.75) is 32.4 Å². The molecule has 0 aliphatic rings. The summed E-state index contributed by atoms with van der Waals surface area (Å²) in [5.41, 5.74) is -0.496. The van der Waals surface area contributed by atoms with Crippen molar-refractivity contribution in [3.8, 4) is 0 Å². The minimum Gasteiger partial charge on any atom is -0.297 e. The molecule has 0 radical (unpaired) electrons. The fourth-order valence-corrected chi connectivity index (χ4v) is 1.93. The van der Waals surface area contributed by atoms with Gasteiger partial charge in [-0.25, -0.2) is 4.79 Å². The minimum atomic E-state index is -3.06. The highest BCUT2D eigenvalue weighted by molar-refractivity contribution is 5.19. The molecule has 2 rings (SSSR count). The third-order valence-electron chi connectivity index (χ3n) is 3.00. The number of imidazole rings is 1. The summed E-state index contributed by atoms with van der Waals surface area (Å²) in [6.45, 7) is 3.03. The highest BCUT2D eigenvalue weighted by Crippen LogP contribution is 2.29. The van der Waals surface area contributed by atoms with Crippen LogP contribution in [-0.4, -0.2) is 9.13 Å². The van der Waals surface area contributed by atoms with Gasteiger partial charge in [0.25, 0.3) is 5.92 Å². The molecule has 19 heavy (non-hydrogen) atoms. The number of halogens is 2. The minimum absolute atomic E-state index is 0.0425. The molecule has 1 aromatic heterocycles. The smallest absolute Gasteiger partial charge is 0.297 e. The molecule has 0 spiro atoms. The molecule has 2 aromatic rings. The zero-order valence-corrected chi connectivity index (χ0v) is 10.9. The topological polar surface area (TPSA) is 26.9 Å². The summed E-state index contributed by atoms with van der Waals surface area (Å²) < 4.78 is 30.6. The van der Waals surface area contributed by atoms with E-state index in [0.717, 1.165) is 4.57 Å². The summed E-state index contributed by atoms with van der Waals surface area (Å²) in [5.74, 6) is -3.06. The molecule has 0 amide bonds. The standard InChI is InChI=1S/C14H16F2N2O/c1-11(2)18-9-8-17(13(18)19)10-14(15,16)12-6-4-3-5-7-12/h3-9,11H,10H2,1-2H3. The van der Waals surface area contributed by atoms with Crippen LogP contribution in [0.2, 0.25) is 0 Å². The van der Waals surface area contributed by atoms with Gasteiger partial charge in [0.15, 0.2) is 0 Å². The zero-order chi connectivity index (χ0) is 14.0. The maximum atomic E-state index is 14.1. The number of alkyl halides is 2. The lowest BCUT2D eigenvalue weighted by molar-refractivity contribution is -0.0232. The van der Waals surface area contributed by atoms with Crippen molar-refractivity contribution in [2.75, 3.05) is 0 Å². The first-order valence-corrected chi connectivity index (χ1v) is 6.12. The molecule has 5 heteroatoms. The van der Waals surface area contributed by atoms with Crippen molar-refractivity contribution in [3.63, 3.8) is 0 Å². The predicted octanol–water partition coefficient (Wildman–Crippen LogP) is 3.02. The third-order valence-corrected chi connectivity index (χ3v) is 3.00. The maximum absolute atomic E-state index is 14.1. The Balaban J connectivity index is 2.29. The Hall–Kier alpha value is -1.91. The molecular weight excluding hydrogens is 250 g/mol. The van der Waals surface area contributed by atoms with Crippen LogP contribution in [0.15, 0.2) is 47.5 Å². The monoisotopic (exact) mass is 266 g/mol. The molecule has 3 nitrogen and oxygen atoms in total. The van der Waals surface area contributed by atoms with E-state index in [4.69, 9.17) is 0 Å².